The van der Waals surface area contributed by atoms with Gasteiger partial charge >= 0.3 is 0 Å². The monoisotopic (exact) mass is 386 g/mol. The highest BCUT2D eigenvalue weighted by atomic mass is 35.5. The van der Waals surface area contributed by atoms with Gasteiger partial charge in [-0.15, -0.1) is 0 Å². The molecule has 0 bridgehead atoms. The second-order valence-corrected chi connectivity index (χ2v) is 6.04. The van der Waals surface area contributed by atoms with E-state index >= 15 is 0 Å². The van der Waals surface area contributed by atoms with Crippen LogP contribution in [0.2, 0.25) is 5.02 Å². The number of nitrogens with one attached hydrogen (secondary N) is 1. The number of benzene rings is 3. The summed E-state index contributed by atoms with van der Waals surface area (Å²) >= 11 is 5.79. The molecule has 0 heterocycles. The van der Waals surface area contributed by atoms with Gasteiger partial charge in [0.1, 0.15) is 17.4 Å². The highest BCUT2D eigenvalue weighted by Gasteiger charge is 2.14. The molecule has 27 heavy (non-hydrogen) atoms. The Morgan fingerprint density at radius 1 is 1.04 bits per heavy atom. The fraction of sp³-hybridized carbons (Fsp3) is 0. The second-order valence-electron chi connectivity index (χ2n) is 5.61. The highest BCUT2D eigenvalue weighted by Crippen LogP contribution is 2.28. The van der Waals surface area contributed by atoms with E-state index in [0.29, 0.717) is 16.1 Å². The van der Waals surface area contributed by atoms with Crippen molar-refractivity contribution in [2.75, 3.05) is 0 Å². The van der Waals surface area contributed by atoms with E-state index in [2.05, 4.69) is 10.5 Å². The summed E-state index contributed by atoms with van der Waals surface area (Å²) in [5, 5.41) is 14.3. The number of carbonyl (C=O) groups is 1. The van der Waals surface area contributed by atoms with Crippen molar-refractivity contribution in [3.63, 3.8) is 0 Å². The van der Waals surface area contributed by atoms with Crippen molar-refractivity contribution in [2.45, 2.75) is 0 Å². The maximum Gasteiger partial charge on any atom is 0.275 e. The van der Waals surface area contributed by atoms with E-state index in [4.69, 9.17) is 11.6 Å². The fourth-order valence-corrected chi connectivity index (χ4v) is 2.51. The lowest BCUT2D eigenvalue weighted by atomic mass is 10.0. The van der Waals surface area contributed by atoms with Crippen LogP contribution < -0.4 is 5.43 Å². The van der Waals surface area contributed by atoms with Crippen LogP contribution in [0, 0.1) is 11.6 Å². The number of hydrogen-bond donors (Lipinski definition) is 2. The minimum absolute atomic E-state index is 0.0931. The summed E-state index contributed by atoms with van der Waals surface area (Å²) in [5.74, 6) is -2.44. The summed E-state index contributed by atoms with van der Waals surface area (Å²) in [4.78, 5) is 12.3. The van der Waals surface area contributed by atoms with Gasteiger partial charge in [-0.05, 0) is 47.5 Å². The quantitative estimate of drug-likeness (QED) is 0.502. The van der Waals surface area contributed by atoms with Crippen LogP contribution in [0.4, 0.5) is 8.78 Å². The van der Waals surface area contributed by atoms with Crippen LogP contribution in [-0.2, 0) is 0 Å². The first-order valence-corrected chi connectivity index (χ1v) is 8.19. The zero-order valence-corrected chi connectivity index (χ0v) is 14.5. The number of phenols is 1. The Bertz CT molecular complexity index is 1020. The SMILES string of the molecule is O=C(N/N=C/c1ccc(Cl)cc1)c1cc(-c2ccc(F)cc2F)ccc1O. The van der Waals surface area contributed by atoms with Gasteiger partial charge in [0.15, 0.2) is 0 Å². The summed E-state index contributed by atoms with van der Waals surface area (Å²) in [6, 6.07) is 13.9. The predicted octanol–water partition coefficient (Wildman–Crippen LogP) is 4.75. The van der Waals surface area contributed by atoms with Crippen molar-refractivity contribution in [3.05, 3.63) is 88.4 Å². The Morgan fingerprint density at radius 3 is 2.48 bits per heavy atom. The number of hydrazone groups is 1. The van der Waals surface area contributed by atoms with Crippen LogP contribution in [0.1, 0.15) is 15.9 Å². The molecule has 3 rings (SSSR count). The topological polar surface area (TPSA) is 61.7 Å². The van der Waals surface area contributed by atoms with Gasteiger partial charge < -0.3 is 5.11 Å². The number of nitrogens with zero attached hydrogens (tertiary/aromatic N) is 1. The van der Waals surface area contributed by atoms with E-state index in [-0.39, 0.29) is 16.9 Å². The van der Waals surface area contributed by atoms with Crippen LogP contribution in [0.5, 0.6) is 5.75 Å². The second kappa shape index (κ2) is 7.97. The molecule has 3 aromatic rings. The third kappa shape index (κ3) is 4.48. The van der Waals surface area contributed by atoms with Gasteiger partial charge in [-0.25, -0.2) is 14.2 Å². The maximum absolute atomic E-state index is 14.0. The molecule has 0 radical (unpaired) electrons. The van der Waals surface area contributed by atoms with E-state index in [1.54, 1.807) is 24.3 Å². The predicted molar refractivity (Wildman–Crippen MR) is 100.0 cm³/mol. The van der Waals surface area contributed by atoms with E-state index in [1.807, 2.05) is 0 Å². The number of aromatic hydroxyl groups is 1. The molecule has 0 saturated carbocycles. The fourth-order valence-electron chi connectivity index (χ4n) is 2.38. The van der Waals surface area contributed by atoms with E-state index in [0.717, 1.165) is 12.1 Å². The minimum Gasteiger partial charge on any atom is -0.507 e. The number of carbonyl (C=O) groups excluding carboxylic acids is 1. The molecule has 0 unspecified atom stereocenters. The largest absolute Gasteiger partial charge is 0.507 e. The molecular formula is C20H13ClF2N2O2. The van der Waals surface area contributed by atoms with E-state index in [1.165, 1.54) is 30.5 Å². The number of phenolic OH excluding ortho intramolecular Hbond substituents is 1. The van der Waals surface area contributed by atoms with Gasteiger partial charge in [0.2, 0.25) is 0 Å². The lowest BCUT2D eigenvalue weighted by Gasteiger charge is -2.08. The molecule has 0 aromatic heterocycles. The van der Waals surface area contributed by atoms with Gasteiger partial charge in [0.05, 0.1) is 11.8 Å². The van der Waals surface area contributed by atoms with Gasteiger partial charge in [-0.3, -0.25) is 4.79 Å². The molecule has 0 fully saturated rings. The Balaban J connectivity index is 1.81. The van der Waals surface area contributed by atoms with E-state index in [9.17, 15) is 18.7 Å². The van der Waals surface area contributed by atoms with Crippen LogP contribution in [0.3, 0.4) is 0 Å². The third-order valence-electron chi connectivity index (χ3n) is 3.73. The Morgan fingerprint density at radius 2 is 1.78 bits per heavy atom. The van der Waals surface area contributed by atoms with Crippen LogP contribution in [0.25, 0.3) is 11.1 Å². The molecule has 0 aliphatic carbocycles. The standard InChI is InChI=1S/C20H13ClF2N2O2/c21-14-4-1-12(2-5-14)11-24-25-20(27)17-9-13(3-8-19(17)26)16-7-6-15(22)10-18(16)23/h1-11,26H,(H,25,27)/b24-11+. The summed E-state index contributed by atoms with van der Waals surface area (Å²) < 4.78 is 27.0. The Hall–Kier alpha value is -3.25. The normalized spacial score (nSPS) is 10.9. The first kappa shape index (κ1) is 18.5. The maximum atomic E-state index is 14.0. The molecular weight excluding hydrogens is 374 g/mol. The minimum atomic E-state index is -0.771. The lowest BCUT2D eigenvalue weighted by Crippen LogP contribution is -2.17. The number of rotatable bonds is 4. The molecule has 2 N–H and O–H groups in total. The smallest absolute Gasteiger partial charge is 0.275 e. The first-order chi connectivity index (χ1) is 12.9. The molecule has 0 atom stereocenters. The van der Waals surface area contributed by atoms with E-state index < -0.39 is 17.5 Å². The molecule has 0 saturated heterocycles. The Labute approximate surface area is 158 Å². The van der Waals surface area contributed by atoms with Gasteiger partial charge in [-0.1, -0.05) is 29.8 Å². The zero-order chi connectivity index (χ0) is 19.4. The van der Waals surface area contributed by atoms with Crippen molar-refractivity contribution in [1.29, 1.82) is 0 Å². The lowest BCUT2D eigenvalue weighted by molar-refractivity contribution is 0.0952. The van der Waals surface area contributed by atoms with Crippen molar-refractivity contribution in [1.82, 2.24) is 5.43 Å². The molecule has 1 amide bonds. The summed E-state index contributed by atoms with van der Waals surface area (Å²) in [5.41, 5.74) is 3.33. The molecule has 7 heteroatoms. The zero-order valence-electron chi connectivity index (χ0n) is 13.8. The molecule has 0 spiro atoms. The van der Waals surface area contributed by atoms with Gasteiger partial charge in [-0.2, -0.15) is 5.10 Å². The molecule has 0 aliphatic heterocycles. The van der Waals surface area contributed by atoms with Crippen LogP contribution in [-0.4, -0.2) is 17.2 Å². The van der Waals surface area contributed by atoms with Crippen molar-refractivity contribution >= 4 is 23.7 Å². The average molecular weight is 387 g/mol. The van der Waals surface area contributed by atoms with Gasteiger partial charge in [0.25, 0.3) is 5.91 Å². The van der Waals surface area contributed by atoms with Crippen molar-refractivity contribution < 1.29 is 18.7 Å². The molecule has 0 aliphatic rings. The first-order valence-electron chi connectivity index (χ1n) is 7.81. The summed E-state index contributed by atoms with van der Waals surface area (Å²) in [6.45, 7) is 0. The van der Waals surface area contributed by atoms with Crippen LogP contribution >= 0.6 is 11.6 Å². The number of halogens is 3. The average Bonchev–Trinajstić information content (AvgIpc) is 2.64. The third-order valence-corrected chi connectivity index (χ3v) is 3.99. The van der Waals surface area contributed by atoms with Crippen molar-refractivity contribution in [2.24, 2.45) is 5.10 Å². The summed E-state index contributed by atoms with van der Waals surface area (Å²) in [7, 11) is 0. The number of amides is 1. The summed E-state index contributed by atoms with van der Waals surface area (Å²) in [6.07, 6.45) is 1.41. The van der Waals surface area contributed by atoms with Gasteiger partial charge in [0, 0.05) is 16.7 Å². The molecule has 4 nitrogen and oxygen atoms in total. The molecule has 3 aromatic carbocycles. The van der Waals surface area contributed by atoms with Crippen molar-refractivity contribution in [3.8, 4) is 16.9 Å². The van der Waals surface area contributed by atoms with Crippen LogP contribution in [0.15, 0.2) is 65.8 Å². The highest BCUT2D eigenvalue weighted by molar-refractivity contribution is 6.30. The Kier molecular flexibility index (Phi) is 5.47. The number of hydrogen-bond acceptors (Lipinski definition) is 3. The molecule has 136 valence electrons.